The van der Waals surface area contributed by atoms with Crippen LogP contribution < -0.4 is 5.32 Å². The van der Waals surface area contributed by atoms with Crippen LogP contribution >= 0.6 is 0 Å². The molecule has 166 valence electrons. The number of aromatic nitrogens is 5. The molecule has 2 N–H and O–H groups in total. The summed E-state index contributed by atoms with van der Waals surface area (Å²) in [4.78, 5) is 24.8. The van der Waals surface area contributed by atoms with Gasteiger partial charge in [-0.1, -0.05) is 25.1 Å². The molecule has 8 heteroatoms. The topological polar surface area (TPSA) is 88.0 Å². The number of nitrogens with zero attached hydrogens (tertiary/aromatic N) is 4. The average Bonchev–Trinajstić information content (AvgIpc) is 3.42. The Hall–Kier alpha value is -4.07. The number of hydrogen-bond donors (Lipinski definition) is 2. The number of nitrogens with one attached hydrogen (secondary N) is 2. The predicted octanol–water partition coefficient (Wildman–Crippen LogP) is 4.72. The summed E-state index contributed by atoms with van der Waals surface area (Å²) in [6, 6.07) is 10.7. The molecular weight excluding hydrogens is 419 g/mol. The Labute approximate surface area is 189 Å². The molecule has 0 aliphatic heterocycles. The predicted molar refractivity (Wildman–Crippen MR) is 126 cm³/mol. The third kappa shape index (κ3) is 3.95. The quantitative estimate of drug-likeness (QED) is 0.381. The smallest absolute Gasteiger partial charge is 0.160 e. The fourth-order valence-corrected chi connectivity index (χ4v) is 4.07. The van der Waals surface area contributed by atoms with Crippen LogP contribution in [-0.4, -0.2) is 36.4 Å². The van der Waals surface area contributed by atoms with Crippen molar-refractivity contribution in [1.29, 1.82) is 0 Å². The first kappa shape index (κ1) is 20.8. The average molecular weight is 442 g/mol. The van der Waals surface area contributed by atoms with E-state index < -0.39 is 11.9 Å². The molecule has 5 aromatic rings. The second-order valence-electron chi connectivity index (χ2n) is 8.06. The highest BCUT2D eigenvalue weighted by molar-refractivity contribution is 5.89. The lowest BCUT2D eigenvalue weighted by molar-refractivity contribution is -0.119. The summed E-state index contributed by atoms with van der Waals surface area (Å²) in [5.41, 5.74) is 4.70. The maximum absolute atomic E-state index is 13.8. The first-order valence-electron chi connectivity index (χ1n) is 10.8. The number of carbonyl (C=O) groups is 1. The van der Waals surface area contributed by atoms with Gasteiger partial charge in [0.1, 0.15) is 11.6 Å². The Morgan fingerprint density at radius 2 is 2.06 bits per heavy atom. The minimum absolute atomic E-state index is 0.0862. The zero-order chi connectivity index (χ0) is 22.9. The number of benzene rings is 1. The summed E-state index contributed by atoms with van der Waals surface area (Å²) < 4.78 is 15.5. The SMILES string of the molecule is CCC(=O)C(Cc1c[nH]c2ccccc12)Nc1cc(-c2cncc(F)c2)nc2c(C)cnn12. The van der Waals surface area contributed by atoms with Crippen LogP contribution in [0.2, 0.25) is 0 Å². The van der Waals surface area contributed by atoms with Crippen molar-refractivity contribution in [2.24, 2.45) is 0 Å². The van der Waals surface area contributed by atoms with Gasteiger partial charge in [-0.25, -0.2) is 9.37 Å². The minimum atomic E-state index is -0.470. The van der Waals surface area contributed by atoms with Crippen molar-refractivity contribution in [2.75, 3.05) is 5.32 Å². The largest absolute Gasteiger partial charge is 0.361 e. The van der Waals surface area contributed by atoms with Crippen LogP contribution in [0.4, 0.5) is 10.2 Å². The molecule has 1 atom stereocenters. The molecule has 7 nitrogen and oxygen atoms in total. The standard InChI is InChI=1S/C25H23FN6O/c1-3-23(33)22(9-16-13-28-20-7-5-4-6-19(16)20)30-24-10-21(17-8-18(26)14-27-12-17)31-25-15(2)11-29-32(24)25/h4-8,10-14,22,28,30H,3,9H2,1-2H3. The van der Waals surface area contributed by atoms with Crippen molar-refractivity contribution in [3.05, 3.63) is 78.1 Å². The number of hydrogen-bond acceptors (Lipinski definition) is 5. The highest BCUT2D eigenvalue weighted by atomic mass is 19.1. The summed E-state index contributed by atoms with van der Waals surface area (Å²) >= 11 is 0. The Kier molecular flexibility index (Phi) is 5.34. The van der Waals surface area contributed by atoms with E-state index in [0.29, 0.717) is 35.6 Å². The van der Waals surface area contributed by atoms with E-state index >= 15 is 0 Å². The zero-order valence-corrected chi connectivity index (χ0v) is 18.3. The first-order valence-corrected chi connectivity index (χ1v) is 10.8. The molecule has 0 bridgehead atoms. The molecule has 0 aliphatic carbocycles. The van der Waals surface area contributed by atoms with E-state index in [2.05, 4.69) is 25.4 Å². The fourth-order valence-electron chi connectivity index (χ4n) is 4.07. The van der Waals surface area contributed by atoms with Crippen LogP contribution in [0.1, 0.15) is 24.5 Å². The van der Waals surface area contributed by atoms with Gasteiger partial charge in [0.05, 0.1) is 24.1 Å². The molecule has 0 fully saturated rings. The second kappa shape index (κ2) is 8.46. The highest BCUT2D eigenvalue weighted by Gasteiger charge is 2.21. The first-order chi connectivity index (χ1) is 16.0. The third-order valence-corrected chi connectivity index (χ3v) is 5.81. The van der Waals surface area contributed by atoms with Gasteiger partial charge in [-0.3, -0.25) is 9.78 Å². The maximum atomic E-state index is 13.8. The summed E-state index contributed by atoms with van der Waals surface area (Å²) in [7, 11) is 0. The van der Waals surface area contributed by atoms with Crippen LogP contribution in [0, 0.1) is 12.7 Å². The molecule has 4 aromatic heterocycles. The Morgan fingerprint density at radius 3 is 2.88 bits per heavy atom. The van der Waals surface area contributed by atoms with Gasteiger partial charge < -0.3 is 10.3 Å². The van der Waals surface area contributed by atoms with Crippen molar-refractivity contribution in [2.45, 2.75) is 32.7 Å². The van der Waals surface area contributed by atoms with Gasteiger partial charge in [-0.2, -0.15) is 9.61 Å². The molecule has 0 amide bonds. The molecule has 0 spiro atoms. The van der Waals surface area contributed by atoms with Gasteiger partial charge >= 0.3 is 0 Å². The number of fused-ring (bicyclic) bond motifs is 2. The number of Topliss-reactive ketones (excluding diaryl/α,β-unsaturated/α-hetero) is 1. The normalized spacial score (nSPS) is 12.3. The number of anilines is 1. The molecule has 0 saturated carbocycles. The molecule has 0 saturated heterocycles. The molecule has 5 rings (SSSR count). The van der Waals surface area contributed by atoms with Crippen molar-refractivity contribution in [3.8, 4) is 11.3 Å². The van der Waals surface area contributed by atoms with Crippen LogP contribution in [0.3, 0.4) is 0 Å². The van der Waals surface area contributed by atoms with Gasteiger partial charge in [-0.05, 0) is 24.6 Å². The molecule has 0 aliphatic rings. The number of rotatable bonds is 7. The summed E-state index contributed by atoms with van der Waals surface area (Å²) in [6.45, 7) is 3.77. The summed E-state index contributed by atoms with van der Waals surface area (Å²) in [6.07, 6.45) is 7.30. The third-order valence-electron chi connectivity index (χ3n) is 5.81. The molecule has 1 unspecified atom stereocenters. The second-order valence-corrected chi connectivity index (χ2v) is 8.06. The molecule has 0 radical (unpaired) electrons. The van der Waals surface area contributed by atoms with E-state index in [-0.39, 0.29) is 5.78 Å². The Morgan fingerprint density at radius 1 is 1.21 bits per heavy atom. The van der Waals surface area contributed by atoms with Crippen LogP contribution in [0.5, 0.6) is 0 Å². The zero-order valence-electron chi connectivity index (χ0n) is 18.3. The van der Waals surface area contributed by atoms with Gasteiger partial charge in [0.2, 0.25) is 0 Å². The molecule has 1 aromatic carbocycles. The van der Waals surface area contributed by atoms with Gasteiger partial charge in [-0.15, -0.1) is 0 Å². The molecule has 33 heavy (non-hydrogen) atoms. The van der Waals surface area contributed by atoms with Crippen molar-refractivity contribution >= 4 is 28.2 Å². The lowest BCUT2D eigenvalue weighted by Crippen LogP contribution is -2.32. The van der Waals surface area contributed by atoms with Crippen molar-refractivity contribution in [3.63, 3.8) is 0 Å². The number of aromatic amines is 1. The Balaban J connectivity index is 1.57. The number of carbonyl (C=O) groups excluding carboxylic acids is 1. The fraction of sp³-hybridized carbons (Fsp3) is 0.200. The van der Waals surface area contributed by atoms with Crippen LogP contribution in [0.15, 0.2) is 61.2 Å². The Bertz CT molecular complexity index is 1470. The number of halogens is 1. The monoisotopic (exact) mass is 442 g/mol. The molecule has 4 heterocycles. The van der Waals surface area contributed by atoms with Gasteiger partial charge in [0.15, 0.2) is 11.4 Å². The van der Waals surface area contributed by atoms with E-state index in [1.54, 1.807) is 23.0 Å². The van der Waals surface area contributed by atoms with E-state index in [1.165, 1.54) is 6.07 Å². The number of aryl methyl sites for hydroxylation is 1. The van der Waals surface area contributed by atoms with Crippen LogP contribution in [-0.2, 0) is 11.2 Å². The van der Waals surface area contributed by atoms with Gasteiger partial charge in [0, 0.05) is 53.3 Å². The maximum Gasteiger partial charge on any atom is 0.160 e. The minimum Gasteiger partial charge on any atom is -0.361 e. The van der Waals surface area contributed by atoms with Gasteiger partial charge in [0.25, 0.3) is 0 Å². The van der Waals surface area contributed by atoms with E-state index in [1.807, 2.05) is 44.3 Å². The van der Waals surface area contributed by atoms with Crippen molar-refractivity contribution in [1.82, 2.24) is 24.6 Å². The van der Waals surface area contributed by atoms with E-state index in [4.69, 9.17) is 0 Å². The van der Waals surface area contributed by atoms with E-state index in [9.17, 15) is 9.18 Å². The summed E-state index contributed by atoms with van der Waals surface area (Å²) in [5, 5.41) is 8.93. The number of pyridine rings is 1. The number of ketones is 1. The number of H-pyrrole nitrogens is 1. The lowest BCUT2D eigenvalue weighted by Gasteiger charge is -2.19. The highest BCUT2D eigenvalue weighted by Crippen LogP contribution is 2.26. The van der Waals surface area contributed by atoms with Crippen molar-refractivity contribution < 1.29 is 9.18 Å². The van der Waals surface area contributed by atoms with E-state index in [0.717, 1.165) is 28.2 Å². The lowest BCUT2D eigenvalue weighted by atomic mass is 10.0. The van der Waals surface area contributed by atoms with Crippen LogP contribution in [0.25, 0.3) is 27.8 Å². The molecular formula is C25H23FN6O. The summed E-state index contributed by atoms with van der Waals surface area (Å²) in [5.74, 6) is 0.259. The number of para-hydroxylation sites is 1.